The Balaban J connectivity index is 2.57. The molecular formula is C13H10FNO2. The lowest BCUT2D eigenvalue weighted by Gasteiger charge is -2.06. The zero-order chi connectivity index (χ0) is 12.4. The highest BCUT2D eigenvalue weighted by Gasteiger charge is 2.10. The number of carboxylic acids is 1. The first-order valence-electron chi connectivity index (χ1n) is 5.05. The Hall–Kier alpha value is -2.23. The number of rotatable bonds is 2. The smallest absolute Gasteiger partial charge is 0.354 e. The van der Waals surface area contributed by atoms with Gasteiger partial charge in [-0.25, -0.2) is 14.2 Å². The molecule has 2 aromatic rings. The van der Waals surface area contributed by atoms with Gasteiger partial charge in [0.05, 0.1) is 5.69 Å². The number of halogens is 1. The molecule has 1 N–H and O–H groups in total. The van der Waals surface area contributed by atoms with Crippen LogP contribution in [0.4, 0.5) is 4.39 Å². The highest BCUT2D eigenvalue weighted by atomic mass is 19.1. The van der Waals surface area contributed by atoms with Crippen molar-refractivity contribution in [3.8, 4) is 11.3 Å². The van der Waals surface area contributed by atoms with E-state index < -0.39 is 5.97 Å². The van der Waals surface area contributed by atoms with Crippen LogP contribution in [0.1, 0.15) is 16.1 Å². The first-order valence-corrected chi connectivity index (χ1v) is 5.05. The van der Waals surface area contributed by atoms with Gasteiger partial charge in [0.2, 0.25) is 0 Å². The normalized spacial score (nSPS) is 10.2. The SMILES string of the molecule is Cc1c(F)cccc1-c1cccc(C(=O)O)n1. The second-order valence-corrected chi connectivity index (χ2v) is 3.63. The summed E-state index contributed by atoms with van der Waals surface area (Å²) in [7, 11) is 0. The zero-order valence-electron chi connectivity index (χ0n) is 9.14. The molecule has 0 spiro atoms. The van der Waals surface area contributed by atoms with E-state index in [0.717, 1.165) is 0 Å². The Bertz CT molecular complexity index is 581. The van der Waals surface area contributed by atoms with Gasteiger partial charge in [0, 0.05) is 5.56 Å². The predicted molar refractivity (Wildman–Crippen MR) is 61.3 cm³/mol. The summed E-state index contributed by atoms with van der Waals surface area (Å²) in [4.78, 5) is 14.8. The van der Waals surface area contributed by atoms with E-state index in [1.165, 1.54) is 12.1 Å². The number of carboxylic acid groups (broad SMARTS) is 1. The average Bonchev–Trinajstić information content (AvgIpc) is 2.33. The standard InChI is InChI=1S/C13H10FNO2/c1-8-9(4-2-5-10(8)14)11-6-3-7-12(15-11)13(16)17/h2-7H,1H3,(H,16,17). The summed E-state index contributed by atoms with van der Waals surface area (Å²) in [5.74, 6) is -1.43. The molecule has 0 amide bonds. The van der Waals surface area contributed by atoms with Crippen molar-refractivity contribution in [2.45, 2.75) is 6.92 Å². The van der Waals surface area contributed by atoms with E-state index in [1.807, 2.05) is 0 Å². The number of benzene rings is 1. The molecule has 4 heteroatoms. The summed E-state index contributed by atoms with van der Waals surface area (Å²) in [6.45, 7) is 1.64. The van der Waals surface area contributed by atoms with Crippen molar-refractivity contribution < 1.29 is 14.3 Å². The van der Waals surface area contributed by atoms with Gasteiger partial charge in [0.1, 0.15) is 11.5 Å². The largest absolute Gasteiger partial charge is 0.477 e. The monoisotopic (exact) mass is 231 g/mol. The molecule has 1 heterocycles. The number of aromatic nitrogens is 1. The Morgan fingerprint density at radius 1 is 1.24 bits per heavy atom. The molecule has 2 rings (SSSR count). The minimum Gasteiger partial charge on any atom is -0.477 e. The van der Waals surface area contributed by atoms with Gasteiger partial charge in [-0.15, -0.1) is 0 Å². The van der Waals surface area contributed by atoms with Crippen LogP contribution in [0, 0.1) is 12.7 Å². The summed E-state index contributed by atoms with van der Waals surface area (Å²) >= 11 is 0. The molecule has 0 saturated heterocycles. The Morgan fingerprint density at radius 3 is 2.65 bits per heavy atom. The maximum atomic E-state index is 13.4. The van der Waals surface area contributed by atoms with Gasteiger partial charge in [-0.2, -0.15) is 0 Å². The number of carbonyl (C=O) groups is 1. The van der Waals surface area contributed by atoms with Gasteiger partial charge in [-0.3, -0.25) is 0 Å². The Kier molecular flexibility index (Phi) is 2.87. The van der Waals surface area contributed by atoms with Crippen molar-refractivity contribution in [2.75, 3.05) is 0 Å². The molecule has 0 radical (unpaired) electrons. The summed E-state index contributed by atoms with van der Waals surface area (Å²) in [6, 6.07) is 9.31. The fraction of sp³-hybridized carbons (Fsp3) is 0.0769. The lowest BCUT2D eigenvalue weighted by atomic mass is 10.0. The van der Waals surface area contributed by atoms with Crippen molar-refractivity contribution in [1.82, 2.24) is 4.98 Å². The van der Waals surface area contributed by atoms with E-state index in [0.29, 0.717) is 16.8 Å². The van der Waals surface area contributed by atoms with Crippen LogP contribution in [0.2, 0.25) is 0 Å². The number of pyridine rings is 1. The number of hydrogen-bond donors (Lipinski definition) is 1. The maximum Gasteiger partial charge on any atom is 0.354 e. The fourth-order valence-corrected chi connectivity index (χ4v) is 1.59. The molecule has 1 aromatic heterocycles. The minimum atomic E-state index is -1.10. The second kappa shape index (κ2) is 4.33. The third-order valence-electron chi connectivity index (χ3n) is 2.51. The first-order chi connectivity index (χ1) is 8.09. The fourth-order valence-electron chi connectivity index (χ4n) is 1.59. The number of hydrogen-bond acceptors (Lipinski definition) is 2. The Labute approximate surface area is 97.6 Å². The summed E-state index contributed by atoms with van der Waals surface area (Å²) in [5, 5.41) is 8.84. The van der Waals surface area contributed by atoms with Gasteiger partial charge >= 0.3 is 5.97 Å². The molecule has 1 aromatic carbocycles. The molecule has 0 aliphatic carbocycles. The minimum absolute atomic E-state index is 0.0499. The van der Waals surface area contributed by atoms with E-state index in [1.54, 1.807) is 31.2 Å². The van der Waals surface area contributed by atoms with Crippen LogP contribution < -0.4 is 0 Å². The van der Waals surface area contributed by atoms with Crippen LogP contribution >= 0.6 is 0 Å². The van der Waals surface area contributed by atoms with Crippen molar-refractivity contribution in [2.24, 2.45) is 0 Å². The van der Waals surface area contributed by atoms with Crippen molar-refractivity contribution in [3.63, 3.8) is 0 Å². The van der Waals surface area contributed by atoms with E-state index in [4.69, 9.17) is 5.11 Å². The molecule has 0 aliphatic rings. The van der Waals surface area contributed by atoms with E-state index in [2.05, 4.69) is 4.98 Å². The second-order valence-electron chi connectivity index (χ2n) is 3.63. The third kappa shape index (κ3) is 2.15. The quantitative estimate of drug-likeness (QED) is 0.864. The molecule has 0 fully saturated rings. The third-order valence-corrected chi connectivity index (χ3v) is 2.51. The molecule has 0 bridgehead atoms. The van der Waals surface area contributed by atoms with Gasteiger partial charge in [0.15, 0.2) is 0 Å². The lowest BCUT2D eigenvalue weighted by molar-refractivity contribution is 0.0690. The highest BCUT2D eigenvalue weighted by molar-refractivity contribution is 5.86. The molecule has 0 saturated carbocycles. The van der Waals surface area contributed by atoms with Crippen LogP contribution in [-0.2, 0) is 0 Å². The van der Waals surface area contributed by atoms with E-state index >= 15 is 0 Å². The first kappa shape index (κ1) is 11.3. The maximum absolute atomic E-state index is 13.4. The average molecular weight is 231 g/mol. The van der Waals surface area contributed by atoms with Gasteiger partial charge in [0.25, 0.3) is 0 Å². The molecule has 0 aliphatic heterocycles. The number of aromatic carboxylic acids is 1. The highest BCUT2D eigenvalue weighted by Crippen LogP contribution is 2.23. The summed E-state index contributed by atoms with van der Waals surface area (Å²) in [5.41, 5.74) is 1.48. The van der Waals surface area contributed by atoms with Crippen molar-refractivity contribution in [3.05, 3.63) is 53.5 Å². The van der Waals surface area contributed by atoms with Crippen LogP contribution in [0.25, 0.3) is 11.3 Å². The number of nitrogens with zero attached hydrogens (tertiary/aromatic N) is 1. The van der Waals surface area contributed by atoms with Crippen LogP contribution in [0.5, 0.6) is 0 Å². The van der Waals surface area contributed by atoms with Crippen molar-refractivity contribution in [1.29, 1.82) is 0 Å². The lowest BCUT2D eigenvalue weighted by Crippen LogP contribution is -2.01. The molecule has 0 unspecified atom stereocenters. The van der Waals surface area contributed by atoms with Gasteiger partial charge < -0.3 is 5.11 Å². The molecule has 17 heavy (non-hydrogen) atoms. The topological polar surface area (TPSA) is 50.2 Å². The van der Waals surface area contributed by atoms with E-state index in [-0.39, 0.29) is 11.5 Å². The summed E-state index contributed by atoms with van der Waals surface area (Å²) < 4.78 is 13.4. The van der Waals surface area contributed by atoms with Crippen LogP contribution in [-0.4, -0.2) is 16.1 Å². The molecular weight excluding hydrogens is 221 g/mol. The van der Waals surface area contributed by atoms with Crippen LogP contribution in [0.3, 0.4) is 0 Å². The molecule has 3 nitrogen and oxygen atoms in total. The van der Waals surface area contributed by atoms with Gasteiger partial charge in [-0.05, 0) is 30.7 Å². The summed E-state index contributed by atoms with van der Waals surface area (Å²) in [6.07, 6.45) is 0. The van der Waals surface area contributed by atoms with Crippen LogP contribution in [0.15, 0.2) is 36.4 Å². The van der Waals surface area contributed by atoms with Gasteiger partial charge in [-0.1, -0.05) is 18.2 Å². The predicted octanol–water partition coefficient (Wildman–Crippen LogP) is 2.89. The Morgan fingerprint density at radius 2 is 1.94 bits per heavy atom. The molecule has 86 valence electrons. The van der Waals surface area contributed by atoms with Crippen molar-refractivity contribution >= 4 is 5.97 Å². The molecule has 0 atom stereocenters. The zero-order valence-corrected chi connectivity index (χ0v) is 9.14. The van der Waals surface area contributed by atoms with E-state index in [9.17, 15) is 9.18 Å².